The zero-order chi connectivity index (χ0) is 16.2. The molecule has 0 aromatic carbocycles. The summed E-state index contributed by atoms with van der Waals surface area (Å²) in [5, 5.41) is 0. The van der Waals surface area contributed by atoms with Gasteiger partial charge in [0.2, 0.25) is 0 Å². The average molecular weight is 308 g/mol. The van der Waals surface area contributed by atoms with E-state index in [9.17, 15) is 9.59 Å². The van der Waals surface area contributed by atoms with E-state index in [1.54, 1.807) is 0 Å². The lowest BCUT2D eigenvalue weighted by Crippen LogP contribution is -2.39. The van der Waals surface area contributed by atoms with Crippen molar-refractivity contribution >= 4 is 11.8 Å². The van der Waals surface area contributed by atoms with Gasteiger partial charge in [0, 0.05) is 18.8 Å². The highest BCUT2D eigenvalue weighted by Gasteiger charge is 2.52. The lowest BCUT2D eigenvalue weighted by Gasteiger charge is -2.42. The molecule has 2 saturated carbocycles. The second kappa shape index (κ2) is 7.61. The van der Waals surface area contributed by atoms with E-state index in [0.29, 0.717) is 36.6 Å². The zero-order valence-electron chi connectivity index (χ0n) is 14.5. The smallest absolute Gasteiger partial charge is 0.305 e. The Morgan fingerprint density at radius 1 is 1.36 bits per heavy atom. The summed E-state index contributed by atoms with van der Waals surface area (Å²) in [6.07, 6.45) is 9.16. The van der Waals surface area contributed by atoms with E-state index in [4.69, 9.17) is 4.74 Å². The first-order valence-corrected chi connectivity index (χ1v) is 9.17. The fraction of sp³-hybridized carbons (Fsp3) is 0.895. The quantitative estimate of drug-likeness (QED) is 0.512. The molecule has 3 nitrogen and oxygen atoms in total. The van der Waals surface area contributed by atoms with E-state index < -0.39 is 0 Å². The third-order valence-electron chi connectivity index (χ3n) is 6.22. The van der Waals surface area contributed by atoms with Crippen molar-refractivity contribution in [3.8, 4) is 0 Å². The molecule has 0 heterocycles. The van der Waals surface area contributed by atoms with Crippen LogP contribution in [0.4, 0.5) is 0 Å². The Morgan fingerprint density at radius 2 is 2.14 bits per heavy atom. The number of carbonyl (C=O) groups excluding carboxylic acids is 2. The number of Topliss-reactive ketones (excluding diaryl/α,β-unsaturated/α-hetero) is 1. The van der Waals surface area contributed by atoms with E-state index in [0.717, 1.165) is 32.1 Å². The van der Waals surface area contributed by atoms with Crippen LogP contribution in [0.2, 0.25) is 0 Å². The Hall–Kier alpha value is -0.860. The molecule has 3 heteroatoms. The third kappa shape index (κ3) is 3.72. The van der Waals surface area contributed by atoms with E-state index >= 15 is 0 Å². The largest absolute Gasteiger partial charge is 0.466 e. The summed E-state index contributed by atoms with van der Waals surface area (Å²) in [4.78, 5) is 23.6. The van der Waals surface area contributed by atoms with Gasteiger partial charge in [-0.05, 0) is 56.3 Å². The molecule has 4 unspecified atom stereocenters. The Balaban J connectivity index is 1.79. The molecule has 0 saturated heterocycles. The van der Waals surface area contributed by atoms with Gasteiger partial charge < -0.3 is 4.74 Å². The summed E-state index contributed by atoms with van der Waals surface area (Å²) in [7, 11) is 0. The van der Waals surface area contributed by atoms with E-state index in [1.807, 2.05) is 6.92 Å². The van der Waals surface area contributed by atoms with Crippen molar-refractivity contribution in [2.75, 3.05) is 6.61 Å². The first-order valence-electron chi connectivity index (χ1n) is 9.17. The minimum atomic E-state index is -0.0686. The molecule has 2 fully saturated rings. The number of hydrogen-bond acceptors (Lipinski definition) is 3. The van der Waals surface area contributed by atoms with Crippen molar-refractivity contribution in [1.29, 1.82) is 0 Å². The van der Waals surface area contributed by atoms with Gasteiger partial charge in [0.25, 0.3) is 0 Å². The molecule has 0 radical (unpaired) electrons. The summed E-state index contributed by atoms with van der Waals surface area (Å²) in [6.45, 7) is 7.04. The molecule has 2 aliphatic carbocycles. The molecule has 0 amide bonds. The van der Waals surface area contributed by atoms with Gasteiger partial charge in [-0.2, -0.15) is 0 Å². The fourth-order valence-corrected chi connectivity index (χ4v) is 5.07. The predicted octanol–water partition coefficient (Wildman–Crippen LogP) is 4.53. The SMILES string of the molecule is CCOC(=O)CCCCC(C)C1CCC2C(=O)CCCC21C. The Bertz CT molecular complexity index is 403. The number of rotatable bonds is 7. The van der Waals surface area contributed by atoms with Crippen molar-refractivity contribution in [2.24, 2.45) is 23.2 Å². The topological polar surface area (TPSA) is 43.4 Å². The zero-order valence-corrected chi connectivity index (χ0v) is 14.5. The fourth-order valence-electron chi connectivity index (χ4n) is 5.07. The molecule has 126 valence electrons. The standard InChI is InChI=1S/C19H32O3/c1-4-22-18(21)10-6-5-8-14(2)15-11-12-16-17(20)9-7-13-19(15,16)3/h14-16H,4-13H2,1-3H3. The molecule has 0 N–H and O–H groups in total. The minimum absolute atomic E-state index is 0.0686. The van der Waals surface area contributed by atoms with Crippen LogP contribution in [0.1, 0.15) is 78.6 Å². The number of carbonyl (C=O) groups is 2. The molecular formula is C19H32O3. The molecular weight excluding hydrogens is 276 g/mol. The van der Waals surface area contributed by atoms with Crippen LogP contribution in [-0.4, -0.2) is 18.4 Å². The Labute approximate surface area is 135 Å². The summed E-state index contributed by atoms with van der Waals surface area (Å²) in [6, 6.07) is 0. The van der Waals surface area contributed by atoms with Crippen LogP contribution in [-0.2, 0) is 14.3 Å². The minimum Gasteiger partial charge on any atom is -0.466 e. The van der Waals surface area contributed by atoms with Crippen LogP contribution in [0, 0.1) is 23.2 Å². The van der Waals surface area contributed by atoms with Crippen LogP contribution < -0.4 is 0 Å². The first kappa shape index (κ1) is 17.5. The Kier molecular flexibility index (Phi) is 6.05. The number of hydrogen-bond donors (Lipinski definition) is 0. The second-order valence-electron chi connectivity index (χ2n) is 7.59. The molecule has 0 spiro atoms. The molecule has 0 aromatic heterocycles. The van der Waals surface area contributed by atoms with Gasteiger partial charge >= 0.3 is 5.97 Å². The van der Waals surface area contributed by atoms with Crippen LogP contribution in [0.3, 0.4) is 0 Å². The van der Waals surface area contributed by atoms with Crippen molar-refractivity contribution < 1.29 is 14.3 Å². The maximum absolute atomic E-state index is 12.2. The summed E-state index contributed by atoms with van der Waals surface area (Å²) in [5.41, 5.74) is 0.246. The molecule has 2 aliphatic rings. The maximum Gasteiger partial charge on any atom is 0.305 e. The highest BCUT2D eigenvalue weighted by Crippen LogP contribution is 2.57. The van der Waals surface area contributed by atoms with Gasteiger partial charge in [0.05, 0.1) is 6.61 Å². The number of fused-ring (bicyclic) bond motifs is 1. The van der Waals surface area contributed by atoms with Crippen molar-refractivity contribution in [1.82, 2.24) is 0 Å². The molecule has 0 aliphatic heterocycles. The Morgan fingerprint density at radius 3 is 2.86 bits per heavy atom. The van der Waals surface area contributed by atoms with Gasteiger partial charge in [-0.15, -0.1) is 0 Å². The summed E-state index contributed by atoms with van der Waals surface area (Å²) >= 11 is 0. The van der Waals surface area contributed by atoms with Crippen LogP contribution in [0.15, 0.2) is 0 Å². The van der Waals surface area contributed by atoms with Gasteiger partial charge in [-0.3, -0.25) is 9.59 Å². The van der Waals surface area contributed by atoms with Crippen molar-refractivity contribution in [3.63, 3.8) is 0 Å². The number of esters is 1. The van der Waals surface area contributed by atoms with Crippen molar-refractivity contribution in [3.05, 3.63) is 0 Å². The maximum atomic E-state index is 12.2. The summed E-state index contributed by atoms with van der Waals surface area (Å²) in [5.74, 6) is 2.12. The lowest BCUT2D eigenvalue weighted by molar-refractivity contribution is -0.143. The monoisotopic (exact) mass is 308 g/mol. The van der Waals surface area contributed by atoms with Crippen LogP contribution in [0.5, 0.6) is 0 Å². The normalized spacial score (nSPS) is 32.6. The highest BCUT2D eigenvalue weighted by atomic mass is 16.5. The van der Waals surface area contributed by atoms with Crippen LogP contribution in [0.25, 0.3) is 0 Å². The first-order chi connectivity index (χ1) is 10.5. The van der Waals surface area contributed by atoms with Gasteiger partial charge in [-0.1, -0.05) is 26.7 Å². The van der Waals surface area contributed by atoms with Gasteiger partial charge in [-0.25, -0.2) is 0 Å². The molecule has 0 aromatic rings. The van der Waals surface area contributed by atoms with E-state index in [1.165, 1.54) is 19.3 Å². The van der Waals surface area contributed by atoms with Crippen LogP contribution >= 0.6 is 0 Å². The predicted molar refractivity (Wildman–Crippen MR) is 87.4 cm³/mol. The average Bonchev–Trinajstić information content (AvgIpc) is 2.82. The number of ketones is 1. The number of ether oxygens (including phenoxy) is 1. The van der Waals surface area contributed by atoms with E-state index in [-0.39, 0.29) is 11.4 Å². The van der Waals surface area contributed by atoms with Gasteiger partial charge in [0.1, 0.15) is 5.78 Å². The highest BCUT2D eigenvalue weighted by molar-refractivity contribution is 5.83. The summed E-state index contributed by atoms with van der Waals surface area (Å²) < 4.78 is 4.97. The van der Waals surface area contributed by atoms with Gasteiger partial charge in [0.15, 0.2) is 0 Å². The second-order valence-corrected chi connectivity index (χ2v) is 7.59. The number of unbranched alkanes of at least 4 members (excludes halogenated alkanes) is 1. The molecule has 4 atom stereocenters. The molecule has 2 rings (SSSR count). The van der Waals surface area contributed by atoms with Crippen molar-refractivity contribution in [2.45, 2.75) is 78.6 Å². The molecule has 0 bridgehead atoms. The molecule has 22 heavy (non-hydrogen) atoms. The third-order valence-corrected chi connectivity index (χ3v) is 6.22. The van der Waals surface area contributed by atoms with E-state index in [2.05, 4.69) is 13.8 Å². The lowest BCUT2D eigenvalue weighted by atomic mass is 9.62.